The molecule has 1 rings (SSSR count). The Labute approximate surface area is 73.9 Å². The van der Waals surface area contributed by atoms with E-state index in [0.717, 1.165) is 4.57 Å². The van der Waals surface area contributed by atoms with Gasteiger partial charge in [-0.25, -0.2) is 4.79 Å². The first kappa shape index (κ1) is 9.18. The number of carbonyl (C=O) groups is 2. The summed E-state index contributed by atoms with van der Waals surface area (Å²) in [5, 5.41) is 19.1. The molecule has 0 aliphatic heterocycles. The third-order valence-electron chi connectivity index (χ3n) is 1.66. The first-order chi connectivity index (χ1) is 6.04. The Kier molecular flexibility index (Phi) is 2.27. The molecule has 0 aliphatic carbocycles. The van der Waals surface area contributed by atoms with Crippen LogP contribution in [0.25, 0.3) is 0 Å². The fourth-order valence-corrected chi connectivity index (χ4v) is 1.00. The molecule has 0 radical (unpaired) electrons. The number of hydrogen-bond acceptors (Lipinski definition) is 3. The Bertz CT molecular complexity index is 340. The van der Waals surface area contributed by atoms with Gasteiger partial charge >= 0.3 is 5.97 Å². The van der Waals surface area contributed by atoms with E-state index >= 15 is 0 Å². The summed E-state index contributed by atoms with van der Waals surface area (Å²) in [6.07, 6.45) is 0. The van der Waals surface area contributed by atoms with Crippen molar-refractivity contribution in [1.29, 1.82) is 0 Å². The maximum absolute atomic E-state index is 10.6. The lowest BCUT2D eigenvalue weighted by atomic mass is 10.3. The number of aromatic carboxylic acids is 2. The SMILES string of the molecule is C[n+]1c(C(=O)[O-])cccc1C(=O)O. The van der Waals surface area contributed by atoms with Crippen LogP contribution in [0.15, 0.2) is 18.2 Å². The van der Waals surface area contributed by atoms with E-state index in [0.29, 0.717) is 0 Å². The summed E-state index contributed by atoms with van der Waals surface area (Å²) in [4.78, 5) is 21.0. The third kappa shape index (κ3) is 1.64. The van der Waals surface area contributed by atoms with Gasteiger partial charge in [-0.1, -0.05) is 0 Å². The Balaban J connectivity index is 3.35. The zero-order valence-corrected chi connectivity index (χ0v) is 6.85. The van der Waals surface area contributed by atoms with Crippen LogP contribution in [0.1, 0.15) is 21.0 Å². The van der Waals surface area contributed by atoms with Crippen LogP contribution in [0.5, 0.6) is 0 Å². The van der Waals surface area contributed by atoms with Crippen molar-refractivity contribution in [1.82, 2.24) is 0 Å². The largest absolute Gasteiger partial charge is 0.539 e. The van der Waals surface area contributed by atoms with Gasteiger partial charge < -0.3 is 15.0 Å². The maximum Gasteiger partial charge on any atom is 0.401 e. The molecular weight excluding hydrogens is 174 g/mol. The van der Waals surface area contributed by atoms with E-state index in [-0.39, 0.29) is 11.4 Å². The molecule has 0 bridgehead atoms. The molecule has 5 nitrogen and oxygen atoms in total. The van der Waals surface area contributed by atoms with Gasteiger partial charge in [0.05, 0.1) is 0 Å². The summed E-state index contributed by atoms with van der Waals surface area (Å²) in [6.45, 7) is 0. The van der Waals surface area contributed by atoms with Crippen molar-refractivity contribution in [3.05, 3.63) is 29.6 Å². The predicted molar refractivity (Wildman–Crippen MR) is 38.9 cm³/mol. The quantitative estimate of drug-likeness (QED) is 0.567. The molecule has 1 aromatic rings. The lowest BCUT2D eigenvalue weighted by molar-refractivity contribution is -0.678. The van der Waals surface area contributed by atoms with Gasteiger partial charge in [-0.2, -0.15) is 4.57 Å². The van der Waals surface area contributed by atoms with Crippen LogP contribution in [-0.2, 0) is 7.05 Å². The van der Waals surface area contributed by atoms with Gasteiger partial charge in [0, 0.05) is 12.1 Å². The summed E-state index contributed by atoms with van der Waals surface area (Å²) in [5.74, 6) is -2.57. The number of carbonyl (C=O) groups excluding carboxylic acids is 1. The summed E-state index contributed by atoms with van der Waals surface area (Å²) in [7, 11) is 1.36. The molecule has 0 fully saturated rings. The number of carboxylic acids is 2. The number of pyridine rings is 1. The van der Waals surface area contributed by atoms with Crippen LogP contribution in [-0.4, -0.2) is 17.0 Å². The van der Waals surface area contributed by atoms with Gasteiger partial charge in [-0.3, -0.25) is 0 Å². The summed E-state index contributed by atoms with van der Waals surface area (Å²) in [6, 6.07) is 3.95. The zero-order chi connectivity index (χ0) is 10.0. The minimum absolute atomic E-state index is 0.0956. The van der Waals surface area contributed by atoms with Crippen molar-refractivity contribution < 1.29 is 24.4 Å². The fraction of sp³-hybridized carbons (Fsp3) is 0.125. The Hall–Kier alpha value is -1.91. The molecule has 0 amide bonds. The molecule has 1 N–H and O–H groups in total. The second kappa shape index (κ2) is 3.22. The van der Waals surface area contributed by atoms with Gasteiger partial charge in [0.2, 0.25) is 5.69 Å². The molecular formula is C8H7NO4. The first-order valence-electron chi connectivity index (χ1n) is 3.47. The molecule has 0 aromatic carbocycles. The number of rotatable bonds is 2. The van der Waals surface area contributed by atoms with Gasteiger partial charge in [-0.15, -0.1) is 0 Å². The highest BCUT2D eigenvalue weighted by Crippen LogP contribution is 1.95. The highest BCUT2D eigenvalue weighted by molar-refractivity contribution is 5.85. The van der Waals surface area contributed by atoms with Crippen LogP contribution in [0, 0.1) is 0 Å². The van der Waals surface area contributed by atoms with Crippen molar-refractivity contribution in [2.24, 2.45) is 7.05 Å². The molecule has 0 atom stereocenters. The normalized spacial score (nSPS) is 9.62. The van der Waals surface area contributed by atoms with Crippen molar-refractivity contribution in [3.63, 3.8) is 0 Å². The van der Waals surface area contributed by atoms with E-state index in [4.69, 9.17) is 5.11 Å². The predicted octanol–water partition coefficient (Wildman–Crippen LogP) is -1.43. The second-order valence-corrected chi connectivity index (χ2v) is 2.45. The van der Waals surface area contributed by atoms with Gasteiger partial charge in [0.25, 0.3) is 5.69 Å². The Morgan fingerprint density at radius 1 is 1.38 bits per heavy atom. The van der Waals surface area contributed by atoms with Crippen LogP contribution < -0.4 is 9.67 Å². The standard InChI is InChI=1S/C8H7NO4/c1-9-5(7(10)11)3-2-4-6(9)8(12)13/h2-4H,1H3,(H-,10,11,12,13). The zero-order valence-electron chi connectivity index (χ0n) is 6.85. The Morgan fingerprint density at radius 3 is 2.38 bits per heavy atom. The second-order valence-electron chi connectivity index (χ2n) is 2.45. The summed E-state index contributed by atoms with van der Waals surface area (Å²) >= 11 is 0. The number of carboxylic acid groups (broad SMARTS) is 2. The molecule has 0 aliphatic rings. The van der Waals surface area contributed by atoms with Crippen LogP contribution in [0.2, 0.25) is 0 Å². The summed E-state index contributed by atoms with van der Waals surface area (Å²) < 4.78 is 1.05. The molecule has 0 spiro atoms. The van der Waals surface area contributed by atoms with Crippen LogP contribution in [0.3, 0.4) is 0 Å². The lowest BCUT2D eigenvalue weighted by Gasteiger charge is -2.01. The molecule has 0 saturated carbocycles. The van der Waals surface area contributed by atoms with E-state index in [2.05, 4.69) is 0 Å². The number of hydrogen-bond donors (Lipinski definition) is 1. The van der Waals surface area contributed by atoms with Crippen molar-refractivity contribution in [3.8, 4) is 0 Å². The number of aromatic nitrogens is 1. The van der Waals surface area contributed by atoms with E-state index in [1.807, 2.05) is 0 Å². The topological polar surface area (TPSA) is 81.3 Å². The van der Waals surface area contributed by atoms with E-state index in [1.165, 1.54) is 25.2 Å². The lowest BCUT2D eigenvalue weighted by Crippen LogP contribution is -2.45. The Morgan fingerprint density at radius 2 is 1.92 bits per heavy atom. The molecule has 1 aromatic heterocycles. The van der Waals surface area contributed by atoms with E-state index < -0.39 is 11.9 Å². The smallest absolute Gasteiger partial charge is 0.401 e. The summed E-state index contributed by atoms with van der Waals surface area (Å²) in [5.41, 5.74) is -0.262. The first-order valence-corrected chi connectivity index (χ1v) is 3.47. The molecule has 13 heavy (non-hydrogen) atoms. The average Bonchev–Trinajstić information content (AvgIpc) is 2.03. The maximum atomic E-state index is 10.6. The fourth-order valence-electron chi connectivity index (χ4n) is 1.00. The molecule has 0 saturated heterocycles. The van der Waals surface area contributed by atoms with Gasteiger partial charge in [0.15, 0.2) is 0 Å². The van der Waals surface area contributed by atoms with Gasteiger partial charge in [0.1, 0.15) is 13.0 Å². The number of nitrogens with zero attached hydrogens (tertiary/aromatic N) is 1. The van der Waals surface area contributed by atoms with E-state index in [9.17, 15) is 14.7 Å². The van der Waals surface area contributed by atoms with Crippen LogP contribution in [0.4, 0.5) is 0 Å². The van der Waals surface area contributed by atoms with Crippen molar-refractivity contribution >= 4 is 11.9 Å². The van der Waals surface area contributed by atoms with Crippen molar-refractivity contribution in [2.75, 3.05) is 0 Å². The highest BCUT2D eigenvalue weighted by atomic mass is 16.4. The highest BCUT2D eigenvalue weighted by Gasteiger charge is 2.18. The monoisotopic (exact) mass is 181 g/mol. The molecule has 68 valence electrons. The average molecular weight is 181 g/mol. The van der Waals surface area contributed by atoms with E-state index in [1.54, 1.807) is 0 Å². The minimum atomic E-state index is -1.40. The van der Waals surface area contributed by atoms with Gasteiger partial charge in [-0.05, 0) is 6.07 Å². The van der Waals surface area contributed by atoms with Crippen molar-refractivity contribution in [2.45, 2.75) is 0 Å². The molecule has 1 heterocycles. The molecule has 5 heteroatoms. The van der Waals surface area contributed by atoms with Crippen LogP contribution >= 0.6 is 0 Å². The third-order valence-corrected chi connectivity index (χ3v) is 1.66. The molecule has 0 unspecified atom stereocenters. The minimum Gasteiger partial charge on any atom is -0.539 e.